The molecule has 0 unspecified atom stereocenters. The molecule has 1 radical (unpaired) electrons. The number of benzene rings is 6. The van der Waals surface area contributed by atoms with Crippen LogP contribution >= 0.6 is 0 Å². The molecule has 263 valence electrons. The van der Waals surface area contributed by atoms with Crippen LogP contribution in [-0.2, 0) is 20.1 Å². The van der Waals surface area contributed by atoms with Crippen LogP contribution in [0.25, 0.3) is 87.2 Å². The fourth-order valence-corrected chi connectivity index (χ4v) is 6.83. The first-order valence-corrected chi connectivity index (χ1v) is 17.0. The van der Waals surface area contributed by atoms with Gasteiger partial charge in [-0.1, -0.05) is 90.4 Å². The number of furan rings is 1. The van der Waals surface area contributed by atoms with E-state index in [9.17, 15) is 0 Å². The van der Waals surface area contributed by atoms with E-state index < -0.39 is 27.4 Å². The predicted octanol–water partition coefficient (Wildman–Crippen LogP) is 13.5. The number of rotatable bonds is 1. The molecule has 0 N–H and O–H groups in total. The number of pyridine rings is 2. The molecule has 0 aliphatic rings. The van der Waals surface area contributed by atoms with Crippen molar-refractivity contribution in [1.29, 1.82) is 0 Å². The smallest absolute Gasteiger partial charge is 0.128 e. The van der Waals surface area contributed by atoms with E-state index in [1.165, 1.54) is 30.6 Å². The molecule has 54 heavy (non-hydrogen) atoms. The first-order chi connectivity index (χ1) is 30.7. The standard InChI is InChI=1S/C37H24NO.C13H12N.Ir/c1-22-15-33-29-12-5-10-27(19-29)25-8-3-7-24(17-25)26-9-4-11-28(18-26)32-20-35(38-21-23(32)2)31-14-6-13-30-34(16-22)37(33)39-36(30)31;1-10-3-6-12(7-4-10)13-8-5-11(2)9-14-13;/h3-13,15-21H,1-2H3;3-6,8-9H,1-2H3;/q2*-1;/i2*1D3,2D3;. The third-order valence-corrected chi connectivity index (χ3v) is 9.42. The maximum Gasteiger partial charge on any atom is 0.128 e. The van der Waals surface area contributed by atoms with Gasteiger partial charge in [-0.25, -0.2) is 0 Å². The van der Waals surface area contributed by atoms with Gasteiger partial charge in [-0.2, -0.15) is 0 Å². The minimum absolute atomic E-state index is 0. The van der Waals surface area contributed by atoms with Gasteiger partial charge in [0.2, 0.25) is 0 Å². The summed E-state index contributed by atoms with van der Waals surface area (Å²) in [5, 5.41) is 8.62. The molecule has 0 saturated carbocycles. The summed E-state index contributed by atoms with van der Waals surface area (Å²) in [5.74, 6) is 0. The number of nitrogens with zero attached hydrogens (tertiary/aromatic N) is 2. The van der Waals surface area contributed by atoms with Gasteiger partial charge in [0.05, 0.1) is 5.58 Å². The second-order valence-corrected chi connectivity index (χ2v) is 12.9. The second-order valence-electron chi connectivity index (χ2n) is 12.9. The fourth-order valence-electron chi connectivity index (χ4n) is 6.83. The van der Waals surface area contributed by atoms with Crippen LogP contribution in [0.1, 0.15) is 38.7 Å². The van der Waals surface area contributed by atoms with Crippen molar-refractivity contribution in [3.63, 3.8) is 0 Å². The van der Waals surface area contributed by atoms with Gasteiger partial charge < -0.3 is 14.4 Å². The van der Waals surface area contributed by atoms with Crippen molar-refractivity contribution in [2.24, 2.45) is 0 Å². The molecule has 0 aliphatic carbocycles. The van der Waals surface area contributed by atoms with Gasteiger partial charge >= 0.3 is 0 Å². The molecule has 4 heterocycles. The van der Waals surface area contributed by atoms with E-state index in [1.807, 2.05) is 66.7 Å². The van der Waals surface area contributed by atoms with Crippen LogP contribution in [0, 0.1) is 39.5 Å². The minimum atomic E-state index is -2.39. The number of hydrogen-bond acceptors (Lipinski definition) is 3. The van der Waals surface area contributed by atoms with Crippen molar-refractivity contribution >= 4 is 75.9 Å². The molecule has 0 aliphatic heterocycles. The maximum absolute atomic E-state index is 8.29. The summed E-state index contributed by atoms with van der Waals surface area (Å²) < 4.78 is 99.9. The monoisotopic (exact) mass is 885 g/mol. The summed E-state index contributed by atoms with van der Waals surface area (Å²) in [5.41, 5.74) is 3.46. The van der Waals surface area contributed by atoms with Crippen LogP contribution in [0.3, 0.4) is 0 Å². The third kappa shape index (κ3) is 6.60. The minimum Gasteiger partial charge on any atom is -0.500 e. The van der Waals surface area contributed by atoms with Gasteiger partial charge in [0.25, 0.3) is 0 Å². The van der Waals surface area contributed by atoms with Crippen LogP contribution in [0.2, 0.25) is 0 Å². The van der Waals surface area contributed by atoms with Crippen molar-refractivity contribution in [2.75, 3.05) is 0 Å². The molecule has 3 nitrogen and oxygen atoms in total. The largest absolute Gasteiger partial charge is 0.500 e. The average molecular weight is 885 g/mol. The molecule has 0 saturated heterocycles. The summed E-state index contributed by atoms with van der Waals surface area (Å²) in [7, 11) is 0. The van der Waals surface area contributed by atoms with Gasteiger partial charge in [0.15, 0.2) is 0 Å². The normalized spacial score (nSPS) is 15.4. The van der Waals surface area contributed by atoms with Gasteiger partial charge in [0.1, 0.15) is 5.58 Å². The summed E-state index contributed by atoms with van der Waals surface area (Å²) in [6, 6.07) is 46.5. The van der Waals surface area contributed by atoms with E-state index >= 15 is 0 Å². The topological polar surface area (TPSA) is 38.9 Å². The van der Waals surface area contributed by atoms with Crippen LogP contribution in [0.4, 0.5) is 0 Å². The average Bonchev–Trinajstić information content (AvgIpc) is 3.67. The number of fused-ring (bicyclic) bond motifs is 14. The van der Waals surface area contributed by atoms with E-state index in [2.05, 4.69) is 34.2 Å². The number of hydrogen-bond donors (Lipinski definition) is 0. The molecule has 0 fully saturated rings. The predicted molar refractivity (Wildman–Crippen MR) is 223 cm³/mol. The Hall–Kier alpha value is -5.93. The van der Waals surface area contributed by atoms with Crippen LogP contribution in [0.15, 0.2) is 150 Å². The van der Waals surface area contributed by atoms with Gasteiger partial charge in [-0.05, 0) is 116 Å². The maximum atomic E-state index is 8.29. The molecule has 10 aromatic rings. The zero-order valence-corrected chi connectivity index (χ0v) is 30.9. The molecule has 4 heteroatoms. The SMILES string of the molecule is [2H]C([2H])([2H])c1c[c-]c(-c2ccc(C([2H])([2H])[2H])cn2)cc1.[2H]C([2H])([2H])c1cc2c3cccc(c3)c3cccc(c3)c3cccc(c3)c3cc(ncc3C([2H])([2H])[2H])c3[c-]ccc4c(c1)c2oc34.[Ir]. The van der Waals surface area contributed by atoms with E-state index in [1.54, 1.807) is 36.4 Å². The molecule has 0 spiro atoms. The second kappa shape index (κ2) is 14.5. The molecule has 6 aromatic carbocycles. The number of aryl methyl sites for hydroxylation is 4. The first-order valence-electron chi connectivity index (χ1n) is 23.0. The Morgan fingerprint density at radius 2 is 1.19 bits per heavy atom. The first kappa shape index (κ1) is 23.7. The van der Waals surface area contributed by atoms with Crippen molar-refractivity contribution in [1.82, 2.24) is 9.97 Å². The Bertz CT molecular complexity index is 3490. The van der Waals surface area contributed by atoms with Crippen molar-refractivity contribution < 1.29 is 41.0 Å². The fraction of sp³-hybridized carbons (Fsp3) is 0.0800. The van der Waals surface area contributed by atoms with Gasteiger partial charge in [-0.15, -0.1) is 53.6 Å². The Balaban J connectivity index is 0.000000238. The van der Waals surface area contributed by atoms with E-state index in [0.29, 0.717) is 49.5 Å². The van der Waals surface area contributed by atoms with E-state index in [-0.39, 0.29) is 42.4 Å². The quantitative estimate of drug-likeness (QED) is 0.154. The zero-order chi connectivity index (χ0) is 46.1. The van der Waals surface area contributed by atoms with Crippen molar-refractivity contribution in [3.8, 4) is 11.3 Å². The van der Waals surface area contributed by atoms with Crippen molar-refractivity contribution in [2.45, 2.75) is 27.4 Å². The molecule has 0 amide bonds. The molecule has 0 atom stereocenters. The summed E-state index contributed by atoms with van der Waals surface area (Å²) in [4.78, 5) is 8.68. The van der Waals surface area contributed by atoms with Gasteiger partial charge in [-0.3, -0.25) is 0 Å². The van der Waals surface area contributed by atoms with Crippen LogP contribution < -0.4 is 0 Å². The summed E-state index contributed by atoms with van der Waals surface area (Å²) >= 11 is 0. The molecule has 10 rings (SSSR count). The Morgan fingerprint density at radius 1 is 0.519 bits per heavy atom. The molecular weight excluding hydrogens is 837 g/mol. The van der Waals surface area contributed by atoms with Crippen LogP contribution in [-0.4, -0.2) is 9.97 Å². The molecule has 4 aromatic heterocycles. The Labute approximate surface area is 344 Å². The summed E-state index contributed by atoms with van der Waals surface area (Å²) in [6.07, 6.45) is 2.71. The number of aromatic nitrogens is 2. The van der Waals surface area contributed by atoms with E-state index in [0.717, 1.165) is 37.7 Å². The van der Waals surface area contributed by atoms with Gasteiger partial charge in [0, 0.05) is 59.7 Å². The Kier molecular flexibility index (Phi) is 6.35. The van der Waals surface area contributed by atoms with E-state index in [4.69, 9.17) is 20.9 Å². The zero-order valence-electron chi connectivity index (χ0n) is 40.5. The van der Waals surface area contributed by atoms with Crippen molar-refractivity contribution in [3.05, 3.63) is 180 Å². The third-order valence-electron chi connectivity index (χ3n) is 9.42. The summed E-state index contributed by atoms with van der Waals surface area (Å²) in [6.45, 7) is -9.07. The van der Waals surface area contributed by atoms with Crippen LogP contribution in [0.5, 0.6) is 0 Å². The molecule has 10 bridgehead atoms. The molecular formula is C50H36IrN2O-2. The Morgan fingerprint density at radius 3 is 1.83 bits per heavy atom.